The summed E-state index contributed by atoms with van der Waals surface area (Å²) in [5, 5.41) is 6.73. The molecule has 0 radical (unpaired) electrons. The van der Waals surface area contributed by atoms with Crippen molar-refractivity contribution in [1.82, 2.24) is 10.6 Å². The van der Waals surface area contributed by atoms with E-state index in [9.17, 15) is 9.59 Å². The fourth-order valence-corrected chi connectivity index (χ4v) is 3.42. The van der Waals surface area contributed by atoms with Crippen molar-refractivity contribution < 1.29 is 14.3 Å². The first-order chi connectivity index (χ1) is 10.6. The van der Waals surface area contributed by atoms with Gasteiger partial charge in [0, 0.05) is 4.88 Å². The number of ether oxygens (including phenoxy) is 1. The van der Waals surface area contributed by atoms with E-state index in [4.69, 9.17) is 4.74 Å². The van der Waals surface area contributed by atoms with Gasteiger partial charge in [0.05, 0.1) is 15.5 Å². The molecule has 5 nitrogen and oxygen atoms in total. The highest BCUT2D eigenvalue weighted by atomic mass is 79.9. The Bertz CT molecular complexity index is 642. The number of thiophene rings is 1. The molecule has 0 aliphatic rings. The fourth-order valence-electron chi connectivity index (χ4n) is 1.55. The van der Waals surface area contributed by atoms with Crippen molar-refractivity contribution >= 4 is 55.1 Å². The van der Waals surface area contributed by atoms with Crippen LogP contribution in [-0.2, 0) is 11.3 Å². The molecule has 0 atom stereocenters. The summed E-state index contributed by atoms with van der Waals surface area (Å²) in [5.74, 6) is -0.0111. The summed E-state index contributed by atoms with van der Waals surface area (Å²) >= 11 is 8.19. The van der Waals surface area contributed by atoms with E-state index in [1.54, 1.807) is 12.1 Å². The van der Waals surface area contributed by atoms with Gasteiger partial charge < -0.3 is 10.1 Å². The smallest absolute Gasteiger partial charge is 0.321 e. The zero-order valence-electron chi connectivity index (χ0n) is 11.3. The van der Waals surface area contributed by atoms with E-state index in [2.05, 4.69) is 42.5 Å². The Hall–Kier alpha value is -1.38. The van der Waals surface area contributed by atoms with Crippen LogP contribution in [0.15, 0.2) is 44.7 Å². The molecular formula is C14H12Br2N2O3S. The minimum absolute atomic E-state index is 0.256. The summed E-state index contributed by atoms with van der Waals surface area (Å²) in [5.41, 5.74) is 0. The summed E-state index contributed by atoms with van der Waals surface area (Å²) < 4.78 is 6.84. The Kier molecular flexibility index (Phi) is 6.41. The van der Waals surface area contributed by atoms with Crippen LogP contribution >= 0.6 is 43.2 Å². The van der Waals surface area contributed by atoms with Gasteiger partial charge in [-0.1, -0.05) is 12.1 Å². The number of rotatable bonds is 5. The van der Waals surface area contributed by atoms with Crippen LogP contribution < -0.4 is 15.4 Å². The van der Waals surface area contributed by atoms with Gasteiger partial charge in [-0.25, -0.2) is 4.79 Å². The molecule has 116 valence electrons. The maximum Gasteiger partial charge on any atom is 0.321 e. The fraction of sp³-hybridized carbons (Fsp3) is 0.143. The second kappa shape index (κ2) is 8.30. The number of benzene rings is 1. The van der Waals surface area contributed by atoms with Gasteiger partial charge in [-0.3, -0.25) is 10.1 Å². The predicted octanol–water partition coefficient (Wildman–Crippen LogP) is 3.68. The number of carbonyl (C=O) groups excluding carboxylic acids is 2. The molecule has 0 aliphatic carbocycles. The molecular weight excluding hydrogens is 436 g/mol. The molecule has 2 N–H and O–H groups in total. The van der Waals surface area contributed by atoms with Gasteiger partial charge >= 0.3 is 6.03 Å². The Labute approximate surface area is 148 Å². The molecule has 2 rings (SSSR count). The van der Waals surface area contributed by atoms with Gasteiger partial charge in [-0.05, 0) is 55.4 Å². The minimum atomic E-state index is -0.548. The molecule has 1 heterocycles. The Morgan fingerprint density at radius 2 is 1.86 bits per heavy atom. The zero-order valence-corrected chi connectivity index (χ0v) is 15.3. The molecule has 3 amide bonds. The van der Waals surface area contributed by atoms with Crippen LogP contribution in [0.25, 0.3) is 0 Å². The first-order valence-corrected chi connectivity index (χ1v) is 8.69. The Morgan fingerprint density at radius 3 is 2.50 bits per heavy atom. The highest BCUT2D eigenvalue weighted by molar-refractivity contribution is 9.11. The third-order valence-electron chi connectivity index (χ3n) is 2.52. The molecule has 1 aromatic carbocycles. The largest absolute Gasteiger partial charge is 0.481 e. The predicted molar refractivity (Wildman–Crippen MR) is 92.0 cm³/mol. The van der Waals surface area contributed by atoms with Gasteiger partial charge in [-0.15, -0.1) is 11.3 Å². The van der Waals surface area contributed by atoms with Crippen LogP contribution in [0, 0.1) is 0 Å². The van der Waals surface area contributed by atoms with Gasteiger partial charge in [0.15, 0.2) is 6.61 Å². The van der Waals surface area contributed by atoms with Crippen molar-refractivity contribution in [3.05, 3.63) is 49.5 Å². The second-order valence-electron chi connectivity index (χ2n) is 4.15. The van der Waals surface area contributed by atoms with Gasteiger partial charge in [-0.2, -0.15) is 0 Å². The molecule has 0 saturated carbocycles. The Balaban J connectivity index is 1.76. The standard InChI is InChI=1S/C14H12Br2N2O3S/c15-10-4-1-5-11(16)13(10)21-8-12(19)18-14(20)17-7-9-3-2-6-22-9/h1-6H,7-8H2,(H2,17,18,19,20). The van der Waals surface area contributed by atoms with Crippen molar-refractivity contribution in [3.8, 4) is 5.75 Å². The summed E-state index contributed by atoms with van der Waals surface area (Å²) in [6.07, 6.45) is 0. The Morgan fingerprint density at radius 1 is 1.14 bits per heavy atom. The highest BCUT2D eigenvalue weighted by Gasteiger charge is 2.11. The number of carbonyl (C=O) groups is 2. The van der Waals surface area contributed by atoms with Crippen molar-refractivity contribution in [2.75, 3.05) is 6.61 Å². The molecule has 0 unspecified atom stereocenters. The quantitative estimate of drug-likeness (QED) is 0.734. The minimum Gasteiger partial charge on any atom is -0.481 e. The maximum atomic E-state index is 11.7. The number of urea groups is 1. The van der Waals surface area contributed by atoms with Crippen LogP contribution in [-0.4, -0.2) is 18.5 Å². The second-order valence-corrected chi connectivity index (χ2v) is 6.89. The van der Waals surface area contributed by atoms with Crippen LogP contribution in [0.1, 0.15) is 4.88 Å². The first-order valence-electron chi connectivity index (χ1n) is 6.23. The lowest BCUT2D eigenvalue weighted by molar-refractivity contribution is -0.122. The number of hydrogen-bond acceptors (Lipinski definition) is 4. The number of para-hydroxylation sites is 1. The van der Waals surface area contributed by atoms with E-state index in [-0.39, 0.29) is 6.61 Å². The van der Waals surface area contributed by atoms with Gasteiger partial charge in [0.1, 0.15) is 5.75 Å². The summed E-state index contributed by atoms with van der Waals surface area (Å²) in [7, 11) is 0. The van der Waals surface area contributed by atoms with Gasteiger partial charge in [0.25, 0.3) is 5.91 Å². The third-order valence-corrected chi connectivity index (χ3v) is 4.65. The maximum absolute atomic E-state index is 11.7. The third kappa shape index (κ3) is 5.11. The van der Waals surface area contributed by atoms with E-state index >= 15 is 0 Å². The van der Waals surface area contributed by atoms with Crippen LogP contribution in [0.3, 0.4) is 0 Å². The lowest BCUT2D eigenvalue weighted by Crippen LogP contribution is -2.41. The summed E-state index contributed by atoms with van der Waals surface area (Å²) in [6, 6.07) is 8.68. The molecule has 1 aromatic heterocycles. The van der Waals surface area contributed by atoms with E-state index in [1.807, 2.05) is 23.6 Å². The molecule has 8 heteroatoms. The summed E-state index contributed by atoms with van der Waals surface area (Å²) in [4.78, 5) is 24.3. The average molecular weight is 448 g/mol. The number of halogens is 2. The molecule has 0 bridgehead atoms. The lowest BCUT2D eigenvalue weighted by atomic mass is 10.3. The molecule has 0 aliphatic heterocycles. The normalized spacial score (nSPS) is 10.1. The molecule has 0 saturated heterocycles. The van der Waals surface area contributed by atoms with Gasteiger partial charge in [0.2, 0.25) is 0 Å². The van der Waals surface area contributed by atoms with E-state index in [1.165, 1.54) is 11.3 Å². The van der Waals surface area contributed by atoms with Crippen molar-refractivity contribution in [2.24, 2.45) is 0 Å². The van der Waals surface area contributed by atoms with E-state index in [0.29, 0.717) is 12.3 Å². The van der Waals surface area contributed by atoms with Crippen molar-refractivity contribution in [1.29, 1.82) is 0 Å². The van der Waals surface area contributed by atoms with Crippen molar-refractivity contribution in [2.45, 2.75) is 6.54 Å². The van der Waals surface area contributed by atoms with E-state index < -0.39 is 11.9 Å². The SMILES string of the molecule is O=C(COc1c(Br)cccc1Br)NC(=O)NCc1cccs1. The topological polar surface area (TPSA) is 67.4 Å². The van der Waals surface area contributed by atoms with Crippen LogP contribution in [0.5, 0.6) is 5.75 Å². The molecule has 0 spiro atoms. The van der Waals surface area contributed by atoms with Crippen LogP contribution in [0.2, 0.25) is 0 Å². The number of amides is 3. The van der Waals surface area contributed by atoms with E-state index in [0.717, 1.165) is 13.8 Å². The number of nitrogens with one attached hydrogen (secondary N) is 2. The first kappa shape index (κ1) is 17.0. The number of imide groups is 1. The molecule has 2 aromatic rings. The van der Waals surface area contributed by atoms with Crippen molar-refractivity contribution in [3.63, 3.8) is 0 Å². The number of hydrogen-bond donors (Lipinski definition) is 2. The van der Waals surface area contributed by atoms with Crippen LogP contribution in [0.4, 0.5) is 4.79 Å². The molecule has 0 fully saturated rings. The summed E-state index contributed by atoms with van der Waals surface area (Å²) in [6.45, 7) is 0.126. The monoisotopic (exact) mass is 446 g/mol. The molecule has 22 heavy (non-hydrogen) atoms. The zero-order chi connectivity index (χ0) is 15.9. The lowest BCUT2D eigenvalue weighted by Gasteiger charge is -2.10. The average Bonchev–Trinajstić information content (AvgIpc) is 2.98. The highest BCUT2D eigenvalue weighted by Crippen LogP contribution is 2.32.